The zero-order valence-corrected chi connectivity index (χ0v) is 12.8. The van der Waals surface area contributed by atoms with Gasteiger partial charge in [-0.05, 0) is 12.1 Å². The van der Waals surface area contributed by atoms with Crippen molar-refractivity contribution in [3.05, 3.63) is 53.0 Å². The fourth-order valence-corrected chi connectivity index (χ4v) is 2.97. The van der Waals surface area contributed by atoms with Crippen LogP contribution in [-0.4, -0.2) is 22.3 Å². The molecule has 23 heavy (non-hydrogen) atoms. The summed E-state index contributed by atoms with van der Waals surface area (Å²) in [5, 5.41) is 8.29. The molecule has 0 unspecified atom stereocenters. The zero-order valence-electron chi connectivity index (χ0n) is 12.8. The van der Waals surface area contributed by atoms with Crippen LogP contribution in [0.5, 0.6) is 0 Å². The minimum absolute atomic E-state index is 0.239. The van der Waals surface area contributed by atoms with Gasteiger partial charge in [0.2, 0.25) is 0 Å². The van der Waals surface area contributed by atoms with E-state index in [-0.39, 0.29) is 5.91 Å². The van der Waals surface area contributed by atoms with E-state index < -0.39 is 0 Å². The van der Waals surface area contributed by atoms with Gasteiger partial charge in [0, 0.05) is 30.1 Å². The molecular weight excluding hydrogens is 294 g/mol. The van der Waals surface area contributed by atoms with Crippen molar-refractivity contribution >= 4 is 16.9 Å². The van der Waals surface area contributed by atoms with Crippen molar-refractivity contribution in [3.8, 4) is 0 Å². The summed E-state index contributed by atoms with van der Waals surface area (Å²) in [5.41, 5.74) is 3.83. The Morgan fingerprint density at radius 1 is 1.39 bits per heavy atom. The van der Waals surface area contributed by atoms with Gasteiger partial charge in [0.1, 0.15) is 5.58 Å². The van der Waals surface area contributed by atoms with Gasteiger partial charge < -0.3 is 14.5 Å². The van der Waals surface area contributed by atoms with E-state index in [1.807, 2.05) is 36.0 Å². The molecule has 0 saturated heterocycles. The Labute approximate surface area is 133 Å². The first-order valence-electron chi connectivity index (χ1n) is 7.60. The molecule has 1 aliphatic rings. The highest BCUT2D eigenvalue weighted by molar-refractivity contribution is 5.95. The molecule has 0 fully saturated rings. The topological polar surface area (TPSA) is 69.3 Å². The Morgan fingerprint density at radius 2 is 2.26 bits per heavy atom. The maximum Gasteiger partial charge on any atom is 0.287 e. The summed E-state index contributed by atoms with van der Waals surface area (Å²) in [6.45, 7) is 1.64. The maximum atomic E-state index is 12.3. The lowest BCUT2D eigenvalue weighted by molar-refractivity contribution is 0.0922. The van der Waals surface area contributed by atoms with Crippen LogP contribution in [0.25, 0.3) is 11.0 Å². The van der Waals surface area contributed by atoms with E-state index in [2.05, 4.69) is 10.4 Å². The van der Waals surface area contributed by atoms with E-state index in [4.69, 9.17) is 9.15 Å². The molecule has 2 aromatic heterocycles. The number of nitrogens with one attached hydrogen (secondary N) is 1. The van der Waals surface area contributed by atoms with Crippen LogP contribution >= 0.6 is 0 Å². The van der Waals surface area contributed by atoms with E-state index >= 15 is 0 Å². The van der Waals surface area contributed by atoms with Crippen LogP contribution in [0, 0.1) is 0 Å². The number of aryl methyl sites for hydroxylation is 1. The first-order chi connectivity index (χ1) is 11.2. The third-order valence-corrected chi connectivity index (χ3v) is 4.15. The molecular formula is C17H17N3O3. The van der Waals surface area contributed by atoms with Crippen LogP contribution in [0.4, 0.5) is 0 Å². The highest BCUT2D eigenvalue weighted by Crippen LogP contribution is 2.21. The Balaban J connectivity index is 1.51. The highest BCUT2D eigenvalue weighted by atomic mass is 16.5. The standard InChI is InChI=1S/C17H17N3O3/c1-20-14-6-7-22-10-12(14)13(19-20)9-18-17(21)16-8-11-4-2-3-5-15(11)23-16/h2-5,8H,6-7,9-10H2,1H3,(H,18,21). The molecule has 0 saturated carbocycles. The molecule has 0 radical (unpaired) electrons. The van der Waals surface area contributed by atoms with E-state index in [0.717, 1.165) is 29.7 Å². The largest absolute Gasteiger partial charge is 0.451 e. The molecule has 0 bridgehead atoms. The number of fused-ring (bicyclic) bond motifs is 2. The number of nitrogens with zero attached hydrogens (tertiary/aromatic N) is 2. The van der Waals surface area contributed by atoms with Crippen LogP contribution in [-0.2, 0) is 31.4 Å². The van der Waals surface area contributed by atoms with Crippen molar-refractivity contribution in [2.45, 2.75) is 19.6 Å². The second-order valence-electron chi connectivity index (χ2n) is 5.63. The fraction of sp³-hybridized carbons (Fsp3) is 0.294. The summed E-state index contributed by atoms with van der Waals surface area (Å²) < 4.78 is 12.9. The molecule has 6 heteroatoms. The molecule has 4 rings (SSSR count). The third-order valence-electron chi connectivity index (χ3n) is 4.15. The molecule has 0 atom stereocenters. The molecule has 0 aliphatic carbocycles. The monoisotopic (exact) mass is 311 g/mol. The van der Waals surface area contributed by atoms with Crippen LogP contribution in [0.3, 0.4) is 0 Å². The number of carbonyl (C=O) groups is 1. The molecule has 118 valence electrons. The van der Waals surface area contributed by atoms with Crippen molar-refractivity contribution < 1.29 is 13.9 Å². The normalized spacial score (nSPS) is 14.0. The van der Waals surface area contributed by atoms with Gasteiger partial charge in [-0.15, -0.1) is 0 Å². The van der Waals surface area contributed by atoms with E-state index in [1.54, 1.807) is 6.07 Å². The number of aromatic nitrogens is 2. The second-order valence-corrected chi connectivity index (χ2v) is 5.63. The summed E-state index contributed by atoms with van der Waals surface area (Å²) in [5.74, 6) is 0.0737. The number of benzene rings is 1. The lowest BCUT2D eigenvalue weighted by atomic mass is 10.1. The second kappa shape index (κ2) is 5.55. The van der Waals surface area contributed by atoms with E-state index in [0.29, 0.717) is 24.5 Å². The average molecular weight is 311 g/mol. The van der Waals surface area contributed by atoms with Crippen LogP contribution in [0.2, 0.25) is 0 Å². The Hall–Kier alpha value is -2.60. The number of amides is 1. The summed E-state index contributed by atoms with van der Waals surface area (Å²) in [6.07, 6.45) is 0.857. The van der Waals surface area contributed by atoms with Gasteiger partial charge in [0.15, 0.2) is 5.76 Å². The lowest BCUT2D eigenvalue weighted by Crippen LogP contribution is -2.23. The van der Waals surface area contributed by atoms with Gasteiger partial charge in [-0.3, -0.25) is 9.48 Å². The van der Waals surface area contributed by atoms with Crippen molar-refractivity contribution in [1.82, 2.24) is 15.1 Å². The van der Waals surface area contributed by atoms with Gasteiger partial charge in [-0.2, -0.15) is 5.10 Å². The fourth-order valence-electron chi connectivity index (χ4n) is 2.97. The smallest absolute Gasteiger partial charge is 0.287 e. The minimum Gasteiger partial charge on any atom is -0.451 e. The van der Waals surface area contributed by atoms with Gasteiger partial charge in [0.25, 0.3) is 5.91 Å². The third kappa shape index (κ3) is 2.51. The van der Waals surface area contributed by atoms with Gasteiger partial charge in [-0.1, -0.05) is 18.2 Å². The summed E-state index contributed by atoms with van der Waals surface area (Å²) in [7, 11) is 1.93. The minimum atomic E-state index is -0.239. The van der Waals surface area contributed by atoms with Crippen molar-refractivity contribution in [2.24, 2.45) is 7.05 Å². The predicted molar refractivity (Wildman–Crippen MR) is 84.0 cm³/mol. The molecule has 1 N–H and O–H groups in total. The van der Waals surface area contributed by atoms with Crippen LogP contribution in [0.1, 0.15) is 27.5 Å². The Bertz CT molecular complexity index is 845. The summed E-state index contributed by atoms with van der Waals surface area (Å²) in [6, 6.07) is 9.32. The van der Waals surface area contributed by atoms with E-state index in [9.17, 15) is 4.79 Å². The first kappa shape index (κ1) is 14.0. The van der Waals surface area contributed by atoms with Crippen LogP contribution < -0.4 is 5.32 Å². The molecule has 6 nitrogen and oxygen atoms in total. The molecule has 3 heterocycles. The molecule has 3 aromatic rings. The lowest BCUT2D eigenvalue weighted by Gasteiger charge is -2.13. The van der Waals surface area contributed by atoms with Crippen LogP contribution in [0.15, 0.2) is 34.7 Å². The maximum absolute atomic E-state index is 12.3. The number of hydrogen-bond acceptors (Lipinski definition) is 4. The van der Waals surface area contributed by atoms with Gasteiger partial charge in [0.05, 0.1) is 25.5 Å². The highest BCUT2D eigenvalue weighted by Gasteiger charge is 2.20. The Kier molecular flexibility index (Phi) is 3.38. The van der Waals surface area contributed by atoms with Crippen molar-refractivity contribution in [2.75, 3.05) is 6.61 Å². The summed E-state index contributed by atoms with van der Waals surface area (Å²) >= 11 is 0. The Morgan fingerprint density at radius 3 is 3.13 bits per heavy atom. The molecule has 0 spiro atoms. The number of rotatable bonds is 3. The van der Waals surface area contributed by atoms with Gasteiger partial charge >= 0.3 is 0 Å². The number of furan rings is 1. The van der Waals surface area contributed by atoms with Crippen molar-refractivity contribution in [3.63, 3.8) is 0 Å². The number of hydrogen-bond donors (Lipinski definition) is 1. The quantitative estimate of drug-likeness (QED) is 0.805. The van der Waals surface area contributed by atoms with Crippen molar-refractivity contribution in [1.29, 1.82) is 0 Å². The van der Waals surface area contributed by atoms with E-state index in [1.165, 1.54) is 5.69 Å². The zero-order chi connectivity index (χ0) is 15.8. The molecule has 1 amide bonds. The predicted octanol–water partition coefficient (Wildman–Crippen LogP) is 2.17. The number of ether oxygens (including phenoxy) is 1. The first-order valence-corrected chi connectivity index (χ1v) is 7.60. The molecule has 1 aromatic carbocycles. The summed E-state index contributed by atoms with van der Waals surface area (Å²) in [4.78, 5) is 12.3. The number of para-hydroxylation sites is 1. The van der Waals surface area contributed by atoms with Gasteiger partial charge in [-0.25, -0.2) is 0 Å². The SMILES string of the molecule is Cn1nc(CNC(=O)c2cc3ccccc3o2)c2c1CCOC2. The average Bonchev–Trinajstić information content (AvgIpc) is 3.15. The molecule has 1 aliphatic heterocycles. The number of carbonyl (C=O) groups excluding carboxylic acids is 1.